The molecule has 0 atom stereocenters. The van der Waals surface area contributed by atoms with Crippen LogP contribution in [0.1, 0.15) is 0 Å². The Bertz CT molecular complexity index is 781. The van der Waals surface area contributed by atoms with Crippen LogP contribution in [0.4, 0.5) is 0 Å². The lowest BCUT2D eigenvalue weighted by Gasteiger charge is -2.01. The molecule has 1 aromatic heterocycles. The van der Waals surface area contributed by atoms with Crippen molar-refractivity contribution in [2.75, 3.05) is 0 Å². The number of para-hydroxylation sites is 1. The Morgan fingerprint density at radius 1 is 1.00 bits per heavy atom. The lowest BCUT2D eigenvalue weighted by atomic mass is 10.1. The predicted molar refractivity (Wildman–Crippen MR) is 79.3 cm³/mol. The second kappa shape index (κ2) is 7.02. The summed E-state index contributed by atoms with van der Waals surface area (Å²) in [6.07, 6.45) is 1.53. The minimum absolute atomic E-state index is 0.0121. The van der Waals surface area contributed by atoms with Crippen molar-refractivity contribution in [1.82, 2.24) is 0 Å². The summed E-state index contributed by atoms with van der Waals surface area (Å²) in [6.45, 7) is 0.153. The SMILES string of the molecule is NOC=O.O=c1c(-c2ccccc2)coc2ccccc12. The van der Waals surface area contributed by atoms with Gasteiger partial charge in [0, 0.05) is 0 Å². The summed E-state index contributed by atoms with van der Waals surface area (Å²) in [4.78, 5) is 24.5. The molecule has 2 aromatic carbocycles. The molecule has 1 heterocycles. The van der Waals surface area contributed by atoms with E-state index in [0.717, 1.165) is 5.56 Å². The van der Waals surface area contributed by atoms with E-state index in [2.05, 4.69) is 10.7 Å². The Kier molecular flexibility index (Phi) is 4.84. The molecule has 5 heteroatoms. The highest BCUT2D eigenvalue weighted by molar-refractivity contribution is 5.81. The predicted octanol–water partition coefficient (Wildman–Crippen LogP) is 2.49. The molecule has 0 fully saturated rings. The third-order valence-corrected chi connectivity index (χ3v) is 2.82. The summed E-state index contributed by atoms with van der Waals surface area (Å²) in [5.41, 5.74) is 2.12. The largest absolute Gasteiger partial charge is 0.463 e. The molecule has 0 saturated heterocycles. The van der Waals surface area contributed by atoms with Gasteiger partial charge in [-0.3, -0.25) is 9.59 Å². The molecular weight excluding hydrogens is 270 g/mol. The maximum Gasteiger partial charge on any atom is 0.312 e. The monoisotopic (exact) mass is 283 g/mol. The molecule has 0 unspecified atom stereocenters. The van der Waals surface area contributed by atoms with Gasteiger partial charge >= 0.3 is 6.47 Å². The number of rotatable bonds is 2. The van der Waals surface area contributed by atoms with Crippen molar-refractivity contribution in [2.45, 2.75) is 0 Å². The molecule has 2 N–H and O–H groups in total. The third-order valence-electron chi connectivity index (χ3n) is 2.82. The van der Waals surface area contributed by atoms with Crippen LogP contribution in [0.5, 0.6) is 0 Å². The Morgan fingerprint density at radius 3 is 2.29 bits per heavy atom. The molecule has 21 heavy (non-hydrogen) atoms. The quantitative estimate of drug-likeness (QED) is 0.577. The molecule has 0 radical (unpaired) electrons. The molecule has 0 saturated carbocycles. The fourth-order valence-electron chi connectivity index (χ4n) is 1.89. The van der Waals surface area contributed by atoms with E-state index in [0.29, 0.717) is 16.5 Å². The first kappa shape index (κ1) is 14.5. The van der Waals surface area contributed by atoms with Gasteiger partial charge in [-0.05, 0) is 17.7 Å². The van der Waals surface area contributed by atoms with Crippen LogP contribution in [-0.4, -0.2) is 6.47 Å². The normalized spacial score (nSPS) is 9.57. The van der Waals surface area contributed by atoms with Gasteiger partial charge in [-0.25, -0.2) is 0 Å². The zero-order chi connectivity index (χ0) is 15.1. The van der Waals surface area contributed by atoms with Crippen LogP contribution in [0.15, 0.2) is 70.1 Å². The summed E-state index contributed by atoms with van der Waals surface area (Å²) in [6, 6.07) is 16.8. The van der Waals surface area contributed by atoms with E-state index in [4.69, 9.17) is 9.21 Å². The molecule has 0 spiro atoms. The van der Waals surface area contributed by atoms with Crippen LogP contribution in [-0.2, 0) is 9.63 Å². The van der Waals surface area contributed by atoms with E-state index in [1.807, 2.05) is 42.5 Å². The summed E-state index contributed by atoms with van der Waals surface area (Å²) >= 11 is 0. The molecule has 0 aliphatic heterocycles. The lowest BCUT2D eigenvalue weighted by Crippen LogP contribution is -2.04. The number of carbonyl (C=O) groups is 1. The van der Waals surface area contributed by atoms with Crippen molar-refractivity contribution in [1.29, 1.82) is 0 Å². The number of fused-ring (bicyclic) bond motifs is 1. The third kappa shape index (κ3) is 3.34. The van der Waals surface area contributed by atoms with E-state index >= 15 is 0 Å². The molecule has 0 bridgehead atoms. The highest BCUT2D eigenvalue weighted by Gasteiger charge is 2.07. The van der Waals surface area contributed by atoms with Gasteiger partial charge in [-0.15, -0.1) is 0 Å². The van der Waals surface area contributed by atoms with Gasteiger partial charge in [0.05, 0.1) is 10.9 Å². The Labute approximate surface area is 120 Å². The zero-order valence-electron chi connectivity index (χ0n) is 11.1. The molecule has 0 aliphatic carbocycles. The van der Waals surface area contributed by atoms with Gasteiger partial charge in [-0.1, -0.05) is 42.5 Å². The Balaban J connectivity index is 0.000000361. The molecule has 3 rings (SSSR count). The average molecular weight is 283 g/mol. The van der Waals surface area contributed by atoms with Crippen LogP contribution in [0, 0.1) is 0 Å². The fourth-order valence-corrected chi connectivity index (χ4v) is 1.89. The summed E-state index contributed by atoms with van der Waals surface area (Å²) < 4.78 is 5.48. The average Bonchev–Trinajstić information content (AvgIpc) is 2.56. The summed E-state index contributed by atoms with van der Waals surface area (Å²) in [7, 11) is 0. The maximum atomic E-state index is 12.3. The molecule has 106 valence electrons. The first-order valence-corrected chi connectivity index (χ1v) is 6.13. The maximum absolute atomic E-state index is 12.3. The van der Waals surface area contributed by atoms with Crippen molar-refractivity contribution >= 4 is 17.4 Å². The molecular formula is C16H13NO4. The van der Waals surface area contributed by atoms with Crippen LogP contribution in [0.25, 0.3) is 22.1 Å². The van der Waals surface area contributed by atoms with E-state index in [-0.39, 0.29) is 11.9 Å². The number of nitrogens with two attached hydrogens (primary N) is 1. The fraction of sp³-hybridized carbons (Fsp3) is 0. The minimum Gasteiger partial charge on any atom is -0.463 e. The molecule has 5 nitrogen and oxygen atoms in total. The van der Waals surface area contributed by atoms with Crippen LogP contribution in [0.2, 0.25) is 0 Å². The van der Waals surface area contributed by atoms with Crippen molar-refractivity contribution in [2.24, 2.45) is 5.90 Å². The highest BCUT2D eigenvalue weighted by Crippen LogP contribution is 2.18. The van der Waals surface area contributed by atoms with E-state index < -0.39 is 0 Å². The number of carbonyl (C=O) groups excluding carboxylic acids is 1. The smallest absolute Gasteiger partial charge is 0.312 e. The lowest BCUT2D eigenvalue weighted by molar-refractivity contribution is -0.129. The second-order valence-corrected chi connectivity index (χ2v) is 4.07. The molecule has 3 aromatic rings. The highest BCUT2D eigenvalue weighted by atomic mass is 16.6. The Morgan fingerprint density at radius 2 is 1.62 bits per heavy atom. The van der Waals surface area contributed by atoms with Gasteiger partial charge in [0.25, 0.3) is 0 Å². The number of benzene rings is 2. The number of hydrogen-bond donors (Lipinski definition) is 1. The molecule has 0 aliphatic rings. The van der Waals surface area contributed by atoms with Crippen molar-refractivity contribution in [3.05, 3.63) is 71.1 Å². The summed E-state index contributed by atoms with van der Waals surface area (Å²) in [5, 5.41) is 0.619. The van der Waals surface area contributed by atoms with Crippen molar-refractivity contribution < 1.29 is 14.0 Å². The topological polar surface area (TPSA) is 82.5 Å². The van der Waals surface area contributed by atoms with E-state index in [9.17, 15) is 4.79 Å². The molecule has 0 amide bonds. The van der Waals surface area contributed by atoms with Crippen LogP contribution in [0.3, 0.4) is 0 Å². The van der Waals surface area contributed by atoms with Gasteiger partial charge in [0.1, 0.15) is 11.8 Å². The second-order valence-electron chi connectivity index (χ2n) is 4.07. The van der Waals surface area contributed by atoms with Gasteiger partial charge in [0.2, 0.25) is 0 Å². The van der Waals surface area contributed by atoms with Gasteiger partial charge in [0.15, 0.2) is 5.43 Å². The van der Waals surface area contributed by atoms with E-state index in [1.54, 1.807) is 12.1 Å². The first-order chi connectivity index (χ1) is 10.3. The Hall–Kier alpha value is -2.92. The van der Waals surface area contributed by atoms with E-state index in [1.165, 1.54) is 6.26 Å². The van der Waals surface area contributed by atoms with Crippen LogP contribution >= 0.6 is 0 Å². The minimum atomic E-state index is 0.0121. The standard InChI is InChI=1S/C15H10O2.CH3NO2/c16-15-12-8-4-5-9-14(12)17-10-13(15)11-6-2-1-3-7-11;2-4-1-3/h1-10H;1H,2H2. The zero-order valence-corrected chi connectivity index (χ0v) is 11.1. The number of hydrogen-bond acceptors (Lipinski definition) is 5. The van der Waals surface area contributed by atoms with Gasteiger partial charge < -0.3 is 9.25 Å². The van der Waals surface area contributed by atoms with Crippen molar-refractivity contribution in [3.8, 4) is 11.1 Å². The summed E-state index contributed by atoms with van der Waals surface area (Å²) in [5.74, 6) is 4.16. The first-order valence-electron chi connectivity index (χ1n) is 6.13. The van der Waals surface area contributed by atoms with Crippen molar-refractivity contribution in [3.63, 3.8) is 0 Å². The van der Waals surface area contributed by atoms with Crippen LogP contribution < -0.4 is 11.3 Å². The van der Waals surface area contributed by atoms with Gasteiger partial charge in [-0.2, -0.15) is 5.90 Å².